The third-order valence-corrected chi connectivity index (χ3v) is 2.72. The molecule has 15 heavy (non-hydrogen) atoms. The highest BCUT2D eigenvalue weighted by Crippen LogP contribution is 2.31. The maximum atomic E-state index is 9.71. The van der Waals surface area contributed by atoms with Crippen molar-refractivity contribution < 1.29 is 14.6 Å². The van der Waals surface area contributed by atoms with E-state index in [9.17, 15) is 5.11 Å². The van der Waals surface area contributed by atoms with E-state index in [1.807, 2.05) is 19.1 Å². The molecule has 1 atom stereocenters. The molecule has 0 radical (unpaired) electrons. The van der Waals surface area contributed by atoms with Gasteiger partial charge in [-0.2, -0.15) is 0 Å². The Morgan fingerprint density at radius 3 is 3.07 bits per heavy atom. The first-order valence-electron chi connectivity index (χ1n) is 4.95. The second-order valence-electron chi connectivity index (χ2n) is 3.62. The highest BCUT2D eigenvalue weighted by atomic mass is 16.7. The van der Waals surface area contributed by atoms with Crippen LogP contribution in [-0.4, -0.2) is 18.4 Å². The number of nitrogens with two attached hydrogens (primary N) is 1. The molecular formula is C11H15NO3. The van der Waals surface area contributed by atoms with Gasteiger partial charge in [0, 0.05) is 12.1 Å². The van der Waals surface area contributed by atoms with Crippen molar-refractivity contribution in [2.45, 2.75) is 19.6 Å². The van der Waals surface area contributed by atoms with Gasteiger partial charge in [-0.15, -0.1) is 0 Å². The van der Waals surface area contributed by atoms with Crippen molar-refractivity contribution in [1.82, 2.24) is 0 Å². The number of fused-ring (bicyclic) bond motifs is 1. The van der Waals surface area contributed by atoms with Gasteiger partial charge >= 0.3 is 0 Å². The molecule has 82 valence electrons. The molecular weight excluding hydrogens is 194 g/mol. The summed E-state index contributed by atoms with van der Waals surface area (Å²) in [4.78, 5) is 0. The number of aliphatic hydroxyl groups is 1. The van der Waals surface area contributed by atoms with Crippen molar-refractivity contribution in [2.24, 2.45) is 5.73 Å². The predicted molar refractivity (Wildman–Crippen MR) is 55.5 cm³/mol. The fourth-order valence-electron chi connectivity index (χ4n) is 1.80. The van der Waals surface area contributed by atoms with Gasteiger partial charge in [0.2, 0.25) is 0 Å². The molecule has 3 N–H and O–H groups in total. The Morgan fingerprint density at radius 2 is 2.33 bits per heavy atom. The molecule has 0 amide bonds. The molecule has 1 aromatic carbocycles. The van der Waals surface area contributed by atoms with Crippen molar-refractivity contribution in [1.29, 1.82) is 0 Å². The molecule has 0 aromatic heterocycles. The summed E-state index contributed by atoms with van der Waals surface area (Å²) >= 11 is 0. The van der Waals surface area contributed by atoms with Gasteiger partial charge in [-0.1, -0.05) is 6.07 Å². The summed E-state index contributed by atoms with van der Waals surface area (Å²) in [6, 6.07) is 3.72. The standard InChI is InChI=1S/C11H15NO3/c1-7-8(10(13)4-12)2-3-11-9(7)5-14-6-15-11/h2-3,10,13H,4-6,12H2,1H3. The lowest BCUT2D eigenvalue weighted by Gasteiger charge is -2.22. The fraction of sp³-hybridized carbons (Fsp3) is 0.455. The zero-order valence-corrected chi connectivity index (χ0v) is 8.69. The van der Waals surface area contributed by atoms with Crippen LogP contribution in [-0.2, 0) is 11.3 Å². The minimum Gasteiger partial charge on any atom is -0.467 e. The Labute approximate surface area is 88.6 Å². The van der Waals surface area contributed by atoms with Crippen LogP contribution in [0.3, 0.4) is 0 Å². The second-order valence-corrected chi connectivity index (χ2v) is 3.62. The van der Waals surface area contributed by atoms with E-state index < -0.39 is 6.10 Å². The molecule has 1 aromatic rings. The van der Waals surface area contributed by atoms with E-state index in [4.69, 9.17) is 15.2 Å². The van der Waals surface area contributed by atoms with E-state index >= 15 is 0 Å². The van der Waals surface area contributed by atoms with Crippen LogP contribution in [0.2, 0.25) is 0 Å². The van der Waals surface area contributed by atoms with Crippen molar-refractivity contribution in [3.05, 3.63) is 28.8 Å². The minimum absolute atomic E-state index is 0.224. The number of rotatable bonds is 2. The summed E-state index contributed by atoms with van der Waals surface area (Å²) in [6.07, 6.45) is -0.614. The molecule has 0 bridgehead atoms. The molecule has 0 saturated carbocycles. The predicted octanol–water partition coefficient (Wildman–Crippen LogP) is 0.854. The van der Waals surface area contributed by atoms with Gasteiger partial charge in [-0.05, 0) is 24.1 Å². The van der Waals surface area contributed by atoms with Crippen LogP contribution in [0.25, 0.3) is 0 Å². The number of ether oxygens (including phenoxy) is 2. The topological polar surface area (TPSA) is 64.7 Å². The molecule has 4 nitrogen and oxygen atoms in total. The van der Waals surface area contributed by atoms with Gasteiger partial charge in [0.15, 0.2) is 6.79 Å². The average molecular weight is 209 g/mol. The molecule has 0 saturated heterocycles. The number of aliphatic hydroxyl groups excluding tert-OH is 1. The van der Waals surface area contributed by atoms with Gasteiger partial charge in [0.1, 0.15) is 5.75 Å². The summed E-state index contributed by atoms with van der Waals surface area (Å²) in [5.74, 6) is 0.840. The van der Waals surface area contributed by atoms with Crippen LogP contribution < -0.4 is 10.5 Å². The lowest BCUT2D eigenvalue weighted by Crippen LogP contribution is -2.17. The molecule has 1 aliphatic heterocycles. The zero-order chi connectivity index (χ0) is 10.8. The van der Waals surface area contributed by atoms with Crippen LogP contribution in [0.4, 0.5) is 0 Å². The fourth-order valence-corrected chi connectivity index (χ4v) is 1.80. The van der Waals surface area contributed by atoms with Crippen LogP contribution >= 0.6 is 0 Å². The van der Waals surface area contributed by atoms with Crippen molar-refractivity contribution in [3.63, 3.8) is 0 Å². The number of benzene rings is 1. The molecule has 4 heteroatoms. The zero-order valence-electron chi connectivity index (χ0n) is 8.69. The Kier molecular flexibility index (Phi) is 2.90. The van der Waals surface area contributed by atoms with Crippen molar-refractivity contribution in [3.8, 4) is 5.75 Å². The summed E-state index contributed by atoms with van der Waals surface area (Å²) in [7, 11) is 0. The van der Waals surface area contributed by atoms with Crippen LogP contribution in [0.15, 0.2) is 12.1 Å². The third kappa shape index (κ3) is 1.84. The SMILES string of the molecule is Cc1c(C(O)CN)ccc2c1COCO2. The molecule has 1 heterocycles. The van der Waals surface area contributed by atoms with Gasteiger partial charge in [-0.25, -0.2) is 0 Å². The van der Waals surface area contributed by atoms with E-state index in [0.29, 0.717) is 13.4 Å². The van der Waals surface area contributed by atoms with Crippen LogP contribution in [0.1, 0.15) is 22.8 Å². The maximum Gasteiger partial charge on any atom is 0.189 e. The Balaban J connectivity index is 2.43. The summed E-state index contributed by atoms with van der Waals surface area (Å²) in [5.41, 5.74) is 8.30. The Bertz CT molecular complexity index is 365. The molecule has 0 fully saturated rings. The van der Waals surface area contributed by atoms with Gasteiger partial charge < -0.3 is 20.3 Å². The van der Waals surface area contributed by atoms with E-state index in [0.717, 1.165) is 22.4 Å². The smallest absolute Gasteiger partial charge is 0.189 e. The summed E-state index contributed by atoms with van der Waals surface area (Å²) < 4.78 is 10.5. The largest absolute Gasteiger partial charge is 0.467 e. The van der Waals surface area contributed by atoms with Crippen LogP contribution in [0, 0.1) is 6.92 Å². The molecule has 0 aliphatic carbocycles. The van der Waals surface area contributed by atoms with E-state index in [2.05, 4.69) is 0 Å². The Morgan fingerprint density at radius 1 is 1.53 bits per heavy atom. The first kappa shape index (κ1) is 10.4. The first-order chi connectivity index (χ1) is 7.24. The normalized spacial score (nSPS) is 16.7. The molecule has 0 spiro atoms. The average Bonchev–Trinajstić information content (AvgIpc) is 2.29. The van der Waals surface area contributed by atoms with Gasteiger partial charge in [0.25, 0.3) is 0 Å². The Hall–Kier alpha value is -1.10. The molecule has 2 rings (SSSR count). The van der Waals surface area contributed by atoms with Crippen LogP contribution in [0.5, 0.6) is 5.75 Å². The quantitative estimate of drug-likeness (QED) is 0.758. The third-order valence-electron chi connectivity index (χ3n) is 2.72. The lowest BCUT2D eigenvalue weighted by atomic mass is 9.97. The monoisotopic (exact) mass is 209 g/mol. The lowest BCUT2D eigenvalue weighted by molar-refractivity contribution is -0.0168. The maximum absolute atomic E-state index is 9.71. The summed E-state index contributed by atoms with van der Waals surface area (Å²) in [5, 5.41) is 9.71. The highest BCUT2D eigenvalue weighted by Gasteiger charge is 2.18. The van der Waals surface area contributed by atoms with Gasteiger partial charge in [0.05, 0.1) is 12.7 Å². The molecule has 1 unspecified atom stereocenters. The molecule has 1 aliphatic rings. The first-order valence-corrected chi connectivity index (χ1v) is 4.95. The van der Waals surface area contributed by atoms with Crippen molar-refractivity contribution in [2.75, 3.05) is 13.3 Å². The van der Waals surface area contributed by atoms with Gasteiger partial charge in [-0.3, -0.25) is 0 Å². The van der Waals surface area contributed by atoms with E-state index in [1.165, 1.54) is 0 Å². The van der Waals surface area contributed by atoms with E-state index in [-0.39, 0.29) is 6.54 Å². The second kappa shape index (κ2) is 4.18. The minimum atomic E-state index is -0.614. The van der Waals surface area contributed by atoms with E-state index in [1.54, 1.807) is 0 Å². The summed E-state index contributed by atoms with van der Waals surface area (Å²) in [6.45, 7) is 3.00. The van der Waals surface area contributed by atoms with Crippen molar-refractivity contribution >= 4 is 0 Å². The number of hydrogen-bond acceptors (Lipinski definition) is 4. The number of hydrogen-bond donors (Lipinski definition) is 2. The highest BCUT2D eigenvalue weighted by molar-refractivity contribution is 5.45.